The minimum absolute atomic E-state index is 0.150. The van der Waals surface area contributed by atoms with E-state index in [9.17, 15) is 31.7 Å². The van der Waals surface area contributed by atoms with E-state index in [1.54, 1.807) is 35.2 Å². The Kier molecular flexibility index (Phi) is 7.31. The molecular formula is C30H25F2NO5S. The normalized spacial score (nSPS) is 18.1. The Labute approximate surface area is 224 Å². The van der Waals surface area contributed by atoms with Crippen LogP contribution in [0.4, 0.5) is 14.5 Å². The van der Waals surface area contributed by atoms with Crippen molar-refractivity contribution in [3.8, 4) is 11.1 Å². The molecule has 4 aromatic carbocycles. The van der Waals surface area contributed by atoms with Gasteiger partial charge >= 0.3 is 0 Å². The molecule has 0 spiro atoms. The number of halogens is 2. The fraction of sp³-hybridized carbons (Fsp3) is 0.167. The van der Waals surface area contributed by atoms with E-state index >= 15 is 0 Å². The maximum Gasteiger partial charge on any atom is 0.294 e. The molecule has 2 N–H and O–H groups in total. The summed E-state index contributed by atoms with van der Waals surface area (Å²) in [7, 11) is -4.35. The van der Waals surface area contributed by atoms with Crippen LogP contribution in [0.25, 0.3) is 11.1 Å². The molecule has 9 heteroatoms. The highest BCUT2D eigenvalue weighted by Gasteiger charge is 2.48. The summed E-state index contributed by atoms with van der Waals surface area (Å²) < 4.78 is 59.3. The first kappa shape index (κ1) is 26.7. The van der Waals surface area contributed by atoms with Crippen molar-refractivity contribution in [3.63, 3.8) is 0 Å². The van der Waals surface area contributed by atoms with Crippen LogP contribution >= 0.6 is 0 Å². The molecule has 4 aromatic rings. The monoisotopic (exact) mass is 549 g/mol. The highest BCUT2D eigenvalue weighted by atomic mass is 32.2. The van der Waals surface area contributed by atoms with Gasteiger partial charge in [0.1, 0.15) is 11.6 Å². The van der Waals surface area contributed by atoms with Crippen LogP contribution in [-0.2, 0) is 14.9 Å². The van der Waals surface area contributed by atoms with Crippen molar-refractivity contribution in [1.29, 1.82) is 0 Å². The van der Waals surface area contributed by atoms with Crippen LogP contribution in [0.3, 0.4) is 0 Å². The molecule has 0 saturated carbocycles. The van der Waals surface area contributed by atoms with Gasteiger partial charge in [0.15, 0.2) is 0 Å². The van der Waals surface area contributed by atoms with Crippen LogP contribution < -0.4 is 4.90 Å². The van der Waals surface area contributed by atoms with Gasteiger partial charge in [-0.3, -0.25) is 9.35 Å². The molecule has 1 fully saturated rings. The molecule has 0 aromatic heterocycles. The van der Waals surface area contributed by atoms with Gasteiger partial charge in [0, 0.05) is 5.69 Å². The van der Waals surface area contributed by atoms with E-state index in [-0.39, 0.29) is 23.3 Å². The average molecular weight is 550 g/mol. The Bertz CT molecular complexity index is 1590. The Morgan fingerprint density at radius 1 is 0.821 bits per heavy atom. The van der Waals surface area contributed by atoms with Crippen LogP contribution in [0, 0.1) is 17.6 Å². The second-order valence-electron chi connectivity index (χ2n) is 9.51. The molecule has 1 amide bonds. The first-order valence-corrected chi connectivity index (χ1v) is 13.8. The minimum Gasteiger partial charge on any atom is -0.388 e. The highest BCUT2D eigenvalue weighted by Crippen LogP contribution is 2.46. The standard InChI is InChI=1S/C30H25F2NO5S/c31-23-10-8-20(9-11-23)28(34)17-16-27-29(33(30(27)35)25-14-12-24(32)13-15-25)21-6-4-19(5-7-21)22-2-1-3-26(18-22)39(36,37)38/h1-15,18,27-29,34H,16-17H2,(H,36,37,38)/t27-,28+,29-/m1/s1. The third-order valence-corrected chi connectivity index (χ3v) is 7.89. The van der Waals surface area contributed by atoms with Crippen molar-refractivity contribution in [3.05, 3.63) is 120 Å². The van der Waals surface area contributed by atoms with Gasteiger partial charge < -0.3 is 10.0 Å². The molecule has 1 aliphatic rings. The van der Waals surface area contributed by atoms with Crippen LogP contribution in [0.1, 0.15) is 36.1 Å². The molecule has 6 nitrogen and oxygen atoms in total. The second kappa shape index (κ2) is 10.7. The fourth-order valence-electron chi connectivity index (χ4n) is 5.00. The van der Waals surface area contributed by atoms with E-state index in [0.717, 1.165) is 5.56 Å². The summed E-state index contributed by atoms with van der Waals surface area (Å²) in [5, 5.41) is 10.6. The van der Waals surface area contributed by atoms with Gasteiger partial charge in [0.05, 0.1) is 23.0 Å². The molecule has 200 valence electrons. The quantitative estimate of drug-likeness (QED) is 0.205. The second-order valence-corrected chi connectivity index (χ2v) is 10.9. The van der Waals surface area contributed by atoms with E-state index in [1.165, 1.54) is 54.6 Å². The van der Waals surface area contributed by atoms with Crippen LogP contribution in [0.15, 0.2) is 102 Å². The van der Waals surface area contributed by atoms with E-state index in [0.29, 0.717) is 28.8 Å². The number of hydrogen-bond donors (Lipinski definition) is 2. The third kappa shape index (κ3) is 5.61. The lowest BCUT2D eigenvalue weighted by atomic mass is 9.78. The first-order chi connectivity index (χ1) is 18.6. The molecule has 0 radical (unpaired) electrons. The summed E-state index contributed by atoms with van der Waals surface area (Å²) >= 11 is 0. The zero-order valence-electron chi connectivity index (χ0n) is 20.6. The molecule has 39 heavy (non-hydrogen) atoms. The summed E-state index contributed by atoms with van der Waals surface area (Å²) in [5.41, 5.74) is 3.23. The number of β-lactam (4-membered cyclic amide) rings is 1. The van der Waals surface area contributed by atoms with Gasteiger partial charge in [0.25, 0.3) is 10.1 Å². The zero-order chi connectivity index (χ0) is 27.7. The molecule has 1 aliphatic heterocycles. The lowest BCUT2D eigenvalue weighted by Crippen LogP contribution is -2.55. The zero-order valence-corrected chi connectivity index (χ0v) is 21.4. The number of amides is 1. The van der Waals surface area contributed by atoms with Crippen molar-refractivity contribution >= 4 is 21.7 Å². The maximum atomic E-state index is 13.6. The van der Waals surface area contributed by atoms with E-state index in [4.69, 9.17) is 0 Å². The van der Waals surface area contributed by atoms with Crippen LogP contribution in [0.5, 0.6) is 0 Å². The summed E-state index contributed by atoms with van der Waals surface area (Å²) in [4.78, 5) is 14.7. The molecule has 0 unspecified atom stereocenters. The highest BCUT2D eigenvalue weighted by molar-refractivity contribution is 7.85. The summed E-state index contributed by atoms with van der Waals surface area (Å²) in [6.45, 7) is 0. The molecule has 1 saturated heterocycles. The van der Waals surface area contributed by atoms with Gasteiger partial charge in [-0.25, -0.2) is 8.78 Å². The fourth-order valence-corrected chi connectivity index (χ4v) is 5.53. The van der Waals surface area contributed by atoms with Gasteiger partial charge in [-0.05, 0) is 83.6 Å². The predicted molar refractivity (Wildman–Crippen MR) is 142 cm³/mol. The smallest absolute Gasteiger partial charge is 0.294 e. The van der Waals surface area contributed by atoms with Crippen molar-refractivity contribution in [2.75, 3.05) is 4.90 Å². The predicted octanol–water partition coefficient (Wildman–Crippen LogP) is 6.10. The van der Waals surface area contributed by atoms with Gasteiger partial charge in [0.2, 0.25) is 5.91 Å². The topological polar surface area (TPSA) is 94.9 Å². The Hall–Kier alpha value is -3.92. The first-order valence-electron chi connectivity index (χ1n) is 12.3. The number of rotatable bonds is 8. The maximum absolute atomic E-state index is 13.6. The molecule has 0 aliphatic carbocycles. The van der Waals surface area contributed by atoms with E-state index in [1.807, 2.05) is 12.1 Å². The summed E-state index contributed by atoms with van der Waals surface area (Å²) in [5.74, 6) is -1.41. The van der Waals surface area contributed by atoms with Crippen molar-refractivity contribution < 1.29 is 31.7 Å². The van der Waals surface area contributed by atoms with Gasteiger partial charge in [-0.2, -0.15) is 8.42 Å². The Balaban J connectivity index is 1.41. The van der Waals surface area contributed by atoms with E-state index in [2.05, 4.69) is 0 Å². The lowest BCUT2D eigenvalue weighted by Gasteiger charge is -2.48. The van der Waals surface area contributed by atoms with Crippen molar-refractivity contribution in [2.24, 2.45) is 5.92 Å². The molecular weight excluding hydrogens is 524 g/mol. The molecule has 3 atom stereocenters. The number of anilines is 1. The summed E-state index contributed by atoms with van der Waals surface area (Å²) in [6, 6.07) is 24.1. The van der Waals surface area contributed by atoms with Crippen molar-refractivity contribution in [2.45, 2.75) is 29.9 Å². The largest absolute Gasteiger partial charge is 0.388 e. The third-order valence-electron chi connectivity index (χ3n) is 7.04. The number of carbonyl (C=O) groups is 1. The number of carbonyl (C=O) groups excluding carboxylic acids is 1. The Morgan fingerprint density at radius 3 is 2.05 bits per heavy atom. The number of aliphatic hydroxyl groups is 1. The lowest BCUT2D eigenvalue weighted by molar-refractivity contribution is -0.131. The Morgan fingerprint density at radius 2 is 1.44 bits per heavy atom. The number of aliphatic hydroxyl groups excluding tert-OH is 1. The summed E-state index contributed by atoms with van der Waals surface area (Å²) in [6.07, 6.45) is -0.204. The van der Waals surface area contributed by atoms with Gasteiger partial charge in [-0.15, -0.1) is 0 Å². The van der Waals surface area contributed by atoms with Crippen LogP contribution in [0.2, 0.25) is 0 Å². The van der Waals surface area contributed by atoms with E-state index < -0.39 is 33.8 Å². The number of nitrogens with zero attached hydrogens (tertiary/aromatic N) is 1. The minimum atomic E-state index is -4.35. The average Bonchev–Trinajstić information content (AvgIpc) is 2.93. The van der Waals surface area contributed by atoms with Crippen LogP contribution in [-0.4, -0.2) is 24.0 Å². The molecule has 1 heterocycles. The number of hydrogen-bond acceptors (Lipinski definition) is 4. The SMILES string of the molecule is O=C1[C@H](CC[C@H](O)c2ccc(F)cc2)[C@@H](c2ccc(-c3cccc(S(=O)(=O)O)c3)cc2)N1c1ccc(F)cc1. The van der Waals surface area contributed by atoms with Crippen molar-refractivity contribution in [1.82, 2.24) is 0 Å². The molecule has 0 bridgehead atoms. The number of benzene rings is 4. The molecule has 5 rings (SSSR count). The van der Waals surface area contributed by atoms with Gasteiger partial charge in [-0.1, -0.05) is 48.5 Å².